The third kappa shape index (κ3) is 2.16. The molecule has 0 aliphatic heterocycles. The lowest BCUT2D eigenvalue weighted by atomic mass is 10.2. The number of fused-ring (bicyclic) bond motifs is 1. The van der Waals surface area contributed by atoms with E-state index in [-0.39, 0.29) is 5.88 Å². The van der Waals surface area contributed by atoms with E-state index in [4.69, 9.17) is 34.8 Å². The van der Waals surface area contributed by atoms with Crippen LogP contribution in [0, 0.1) is 5.82 Å². The van der Waals surface area contributed by atoms with Gasteiger partial charge in [-0.25, -0.2) is 9.37 Å². The van der Waals surface area contributed by atoms with Crippen molar-refractivity contribution >= 4 is 45.8 Å². The topological polar surface area (TPSA) is 17.8 Å². The van der Waals surface area contributed by atoms with Crippen molar-refractivity contribution in [2.24, 2.45) is 0 Å². The molecule has 102 valence electrons. The summed E-state index contributed by atoms with van der Waals surface area (Å²) in [5.74, 6) is 0.214. The first-order chi connectivity index (χ1) is 9.61. The summed E-state index contributed by atoms with van der Waals surface area (Å²) in [6, 6.07) is 9.77. The van der Waals surface area contributed by atoms with E-state index in [9.17, 15) is 4.39 Å². The van der Waals surface area contributed by atoms with Crippen molar-refractivity contribution in [2.45, 2.75) is 5.88 Å². The van der Waals surface area contributed by atoms with E-state index in [1.165, 1.54) is 6.07 Å². The molecule has 0 aliphatic rings. The van der Waals surface area contributed by atoms with Crippen LogP contribution in [0.3, 0.4) is 0 Å². The van der Waals surface area contributed by atoms with Crippen molar-refractivity contribution < 1.29 is 4.39 Å². The minimum atomic E-state index is -0.455. The van der Waals surface area contributed by atoms with Crippen LogP contribution in [0.5, 0.6) is 0 Å². The molecule has 0 spiro atoms. The predicted molar refractivity (Wildman–Crippen MR) is 80.6 cm³/mol. The summed E-state index contributed by atoms with van der Waals surface area (Å²) in [5, 5.41) is 0.815. The van der Waals surface area contributed by atoms with Gasteiger partial charge in [0.25, 0.3) is 0 Å². The highest BCUT2D eigenvalue weighted by Crippen LogP contribution is 2.30. The molecule has 2 nitrogen and oxygen atoms in total. The summed E-state index contributed by atoms with van der Waals surface area (Å²) in [7, 11) is 0. The van der Waals surface area contributed by atoms with Gasteiger partial charge in [-0.15, -0.1) is 11.6 Å². The second-order valence-electron chi connectivity index (χ2n) is 4.20. The monoisotopic (exact) mass is 328 g/mol. The number of halogens is 4. The Morgan fingerprint density at radius 3 is 2.65 bits per heavy atom. The molecular formula is C14H8Cl3FN2. The minimum absolute atomic E-state index is 0.146. The lowest BCUT2D eigenvalue weighted by molar-refractivity contribution is 0.618. The van der Waals surface area contributed by atoms with Gasteiger partial charge in [0.05, 0.1) is 27.6 Å². The standard InChI is InChI=1S/C14H8Cl3FN2/c15-7-13-19-11-3-1-2-9(17)14(11)20(13)12-5-4-8(16)6-10(12)18/h1-6H,7H2. The summed E-state index contributed by atoms with van der Waals surface area (Å²) < 4.78 is 15.8. The number of alkyl halides is 1. The Bertz CT molecular complexity index is 798. The van der Waals surface area contributed by atoms with Gasteiger partial charge in [0.1, 0.15) is 11.6 Å². The number of imidazole rings is 1. The first kappa shape index (κ1) is 13.7. The fourth-order valence-electron chi connectivity index (χ4n) is 2.15. The first-order valence-electron chi connectivity index (χ1n) is 5.79. The number of aromatic nitrogens is 2. The number of para-hydroxylation sites is 1. The highest BCUT2D eigenvalue weighted by atomic mass is 35.5. The van der Waals surface area contributed by atoms with E-state index in [2.05, 4.69) is 4.98 Å². The highest BCUT2D eigenvalue weighted by molar-refractivity contribution is 6.35. The molecular weight excluding hydrogens is 322 g/mol. The zero-order valence-corrected chi connectivity index (χ0v) is 12.3. The zero-order valence-electron chi connectivity index (χ0n) is 10.1. The minimum Gasteiger partial charge on any atom is -0.291 e. The van der Waals surface area contributed by atoms with Crippen LogP contribution in [-0.4, -0.2) is 9.55 Å². The number of benzene rings is 2. The van der Waals surface area contributed by atoms with Gasteiger partial charge in [-0.2, -0.15) is 0 Å². The summed E-state index contributed by atoms with van der Waals surface area (Å²) in [6.07, 6.45) is 0. The molecule has 1 aromatic heterocycles. The van der Waals surface area contributed by atoms with E-state index in [1.807, 2.05) is 6.07 Å². The maximum Gasteiger partial charge on any atom is 0.148 e. The Morgan fingerprint density at radius 2 is 1.95 bits per heavy atom. The quantitative estimate of drug-likeness (QED) is 0.590. The molecule has 0 atom stereocenters. The molecule has 1 heterocycles. The van der Waals surface area contributed by atoms with Crippen molar-refractivity contribution in [2.75, 3.05) is 0 Å². The van der Waals surface area contributed by atoms with Crippen LogP contribution in [0.15, 0.2) is 36.4 Å². The van der Waals surface area contributed by atoms with Gasteiger partial charge < -0.3 is 0 Å². The summed E-state index contributed by atoms with van der Waals surface area (Å²) in [5.41, 5.74) is 1.62. The molecule has 3 aromatic rings. The van der Waals surface area contributed by atoms with E-state index >= 15 is 0 Å². The molecule has 20 heavy (non-hydrogen) atoms. The number of nitrogens with zero attached hydrogens (tertiary/aromatic N) is 2. The van der Waals surface area contributed by atoms with Gasteiger partial charge in [0.2, 0.25) is 0 Å². The van der Waals surface area contributed by atoms with Crippen LogP contribution in [0.2, 0.25) is 10.0 Å². The Balaban J connectivity index is 2.39. The summed E-state index contributed by atoms with van der Waals surface area (Å²) in [4.78, 5) is 4.38. The van der Waals surface area contributed by atoms with E-state index in [1.54, 1.807) is 28.8 Å². The molecule has 3 rings (SSSR count). The lowest BCUT2D eigenvalue weighted by Crippen LogP contribution is -2.02. The summed E-state index contributed by atoms with van der Waals surface area (Å²) >= 11 is 17.9. The van der Waals surface area contributed by atoms with Gasteiger partial charge >= 0.3 is 0 Å². The number of rotatable bonds is 2. The highest BCUT2D eigenvalue weighted by Gasteiger charge is 2.17. The van der Waals surface area contributed by atoms with Crippen molar-refractivity contribution in [1.29, 1.82) is 0 Å². The van der Waals surface area contributed by atoms with Crippen LogP contribution in [0.1, 0.15) is 5.82 Å². The Morgan fingerprint density at radius 1 is 1.15 bits per heavy atom. The average Bonchev–Trinajstić information content (AvgIpc) is 2.79. The lowest BCUT2D eigenvalue weighted by Gasteiger charge is -2.10. The third-order valence-electron chi connectivity index (χ3n) is 2.97. The third-order valence-corrected chi connectivity index (χ3v) is 3.75. The van der Waals surface area contributed by atoms with Crippen LogP contribution in [0.25, 0.3) is 16.7 Å². The van der Waals surface area contributed by atoms with Gasteiger partial charge in [-0.3, -0.25) is 4.57 Å². The largest absolute Gasteiger partial charge is 0.291 e. The van der Waals surface area contributed by atoms with Crippen LogP contribution in [-0.2, 0) is 5.88 Å². The molecule has 0 aliphatic carbocycles. The normalized spacial score (nSPS) is 11.2. The molecule has 0 fully saturated rings. The molecule has 0 amide bonds. The van der Waals surface area contributed by atoms with Gasteiger partial charge in [0, 0.05) is 5.02 Å². The maximum absolute atomic E-state index is 14.2. The average molecular weight is 330 g/mol. The Hall–Kier alpha value is -1.29. The van der Waals surface area contributed by atoms with Crippen LogP contribution in [0.4, 0.5) is 4.39 Å². The van der Waals surface area contributed by atoms with Crippen LogP contribution >= 0.6 is 34.8 Å². The fourth-order valence-corrected chi connectivity index (χ4v) is 2.74. The molecule has 0 unspecified atom stereocenters. The summed E-state index contributed by atoms with van der Waals surface area (Å²) in [6.45, 7) is 0. The van der Waals surface area contributed by atoms with Gasteiger partial charge in [0.15, 0.2) is 0 Å². The Kier molecular flexibility index (Phi) is 3.59. The number of hydrogen-bond donors (Lipinski definition) is 0. The second-order valence-corrected chi connectivity index (χ2v) is 5.31. The SMILES string of the molecule is Fc1cc(Cl)ccc1-n1c(CCl)nc2cccc(Cl)c21. The number of hydrogen-bond acceptors (Lipinski definition) is 1. The van der Waals surface area contributed by atoms with Crippen LogP contribution < -0.4 is 0 Å². The van der Waals surface area contributed by atoms with Gasteiger partial charge in [-0.05, 0) is 30.3 Å². The molecule has 0 saturated heterocycles. The molecule has 0 bridgehead atoms. The fraction of sp³-hybridized carbons (Fsp3) is 0.0714. The Labute approximate surface area is 129 Å². The van der Waals surface area contributed by atoms with E-state index in [0.29, 0.717) is 32.6 Å². The van der Waals surface area contributed by atoms with Crippen molar-refractivity contribution in [3.8, 4) is 5.69 Å². The molecule has 0 N–H and O–H groups in total. The maximum atomic E-state index is 14.2. The second kappa shape index (κ2) is 5.24. The smallest absolute Gasteiger partial charge is 0.148 e. The van der Waals surface area contributed by atoms with Crippen molar-refractivity contribution in [3.05, 3.63) is 58.1 Å². The first-order valence-corrected chi connectivity index (χ1v) is 7.08. The molecule has 0 radical (unpaired) electrons. The molecule has 2 aromatic carbocycles. The van der Waals surface area contributed by atoms with E-state index < -0.39 is 5.82 Å². The predicted octanol–water partition coefficient (Wildman–Crippen LogP) is 5.21. The van der Waals surface area contributed by atoms with Crippen molar-refractivity contribution in [1.82, 2.24) is 9.55 Å². The zero-order chi connectivity index (χ0) is 14.3. The molecule has 6 heteroatoms. The van der Waals surface area contributed by atoms with Crippen molar-refractivity contribution in [3.63, 3.8) is 0 Å². The molecule has 0 saturated carbocycles. The van der Waals surface area contributed by atoms with E-state index in [0.717, 1.165) is 0 Å². The van der Waals surface area contributed by atoms with Gasteiger partial charge in [-0.1, -0.05) is 29.3 Å².